The van der Waals surface area contributed by atoms with E-state index in [4.69, 9.17) is 9.16 Å². The smallest absolute Gasteiger partial charge is 0.338 e. The van der Waals surface area contributed by atoms with Gasteiger partial charge in [0.25, 0.3) is 0 Å². The number of benzene rings is 1. The minimum Gasteiger partial charge on any atom is -0.462 e. The van der Waals surface area contributed by atoms with E-state index >= 15 is 0 Å². The van der Waals surface area contributed by atoms with Crippen molar-refractivity contribution in [3.63, 3.8) is 0 Å². The SMILES string of the molecule is CC(C)(C)[Si](C)(C)OC[C@@H]1C[C@H]1[C@@H]1C[C@H]1[C@@H]1C[C@H]1[C@@H]1C[C@H]1/C=C/[C@@H]1C[C@H]1COC(=O)c1ccccc1. The molecule has 5 saturated carbocycles. The summed E-state index contributed by atoms with van der Waals surface area (Å²) in [5.74, 6) is 8.77. The number of hydrogen-bond donors (Lipinski definition) is 0. The molecule has 0 bridgehead atoms. The van der Waals surface area contributed by atoms with Crippen LogP contribution in [-0.2, 0) is 9.16 Å². The van der Waals surface area contributed by atoms with Gasteiger partial charge in [0.05, 0.1) is 12.2 Å². The monoisotopic (exact) mass is 506 g/mol. The minimum absolute atomic E-state index is 0.189. The lowest BCUT2D eigenvalue weighted by Crippen LogP contribution is -2.41. The van der Waals surface area contributed by atoms with Crippen molar-refractivity contribution in [2.45, 2.75) is 71.0 Å². The molecule has 0 aliphatic heterocycles. The van der Waals surface area contributed by atoms with Crippen molar-refractivity contribution < 1.29 is 14.0 Å². The second-order valence-corrected chi connectivity index (χ2v) is 19.2. The maximum Gasteiger partial charge on any atom is 0.338 e. The van der Waals surface area contributed by atoms with Crippen LogP contribution in [0, 0.1) is 59.2 Å². The number of allylic oxidation sites excluding steroid dienone is 2. The van der Waals surface area contributed by atoms with Crippen LogP contribution in [0.1, 0.15) is 63.2 Å². The van der Waals surface area contributed by atoms with Crippen LogP contribution < -0.4 is 0 Å². The quantitative estimate of drug-likeness (QED) is 0.176. The third-order valence-electron chi connectivity index (χ3n) is 10.8. The maximum atomic E-state index is 12.1. The van der Waals surface area contributed by atoms with Gasteiger partial charge in [0, 0.05) is 6.61 Å². The molecule has 10 atom stereocenters. The third kappa shape index (κ3) is 5.41. The zero-order valence-electron chi connectivity index (χ0n) is 23.0. The first-order valence-electron chi connectivity index (χ1n) is 14.7. The lowest BCUT2D eigenvalue weighted by molar-refractivity contribution is 0.0482. The number of esters is 1. The summed E-state index contributed by atoms with van der Waals surface area (Å²) in [5, 5.41) is 0.325. The van der Waals surface area contributed by atoms with Crippen molar-refractivity contribution in [3.05, 3.63) is 48.0 Å². The van der Waals surface area contributed by atoms with E-state index < -0.39 is 8.32 Å². The molecule has 196 valence electrons. The van der Waals surface area contributed by atoms with Crippen molar-refractivity contribution >= 4 is 14.3 Å². The lowest BCUT2D eigenvalue weighted by Gasteiger charge is -2.36. The van der Waals surface area contributed by atoms with E-state index in [1.165, 1.54) is 32.1 Å². The molecule has 5 aliphatic rings. The molecule has 6 rings (SSSR count). The molecule has 0 N–H and O–H groups in total. The molecule has 4 heteroatoms. The average molecular weight is 507 g/mol. The van der Waals surface area contributed by atoms with Gasteiger partial charge < -0.3 is 9.16 Å². The minimum atomic E-state index is -1.59. The molecule has 0 heterocycles. The Balaban J connectivity index is 0.861. The summed E-state index contributed by atoms with van der Waals surface area (Å²) in [5.41, 5.74) is 0.652. The number of carbonyl (C=O) groups is 1. The largest absolute Gasteiger partial charge is 0.462 e. The van der Waals surface area contributed by atoms with Crippen molar-refractivity contribution in [1.82, 2.24) is 0 Å². The van der Waals surface area contributed by atoms with Crippen LogP contribution in [0.2, 0.25) is 18.1 Å². The number of rotatable bonds is 11. The van der Waals surface area contributed by atoms with Crippen LogP contribution in [0.5, 0.6) is 0 Å². The first-order chi connectivity index (χ1) is 17.1. The predicted molar refractivity (Wildman–Crippen MR) is 147 cm³/mol. The van der Waals surface area contributed by atoms with Gasteiger partial charge >= 0.3 is 5.97 Å². The summed E-state index contributed by atoms with van der Waals surface area (Å²) in [4.78, 5) is 12.1. The maximum absolute atomic E-state index is 12.1. The van der Waals surface area contributed by atoms with Crippen LogP contribution in [0.15, 0.2) is 42.5 Å². The lowest BCUT2D eigenvalue weighted by atomic mass is 10.1. The van der Waals surface area contributed by atoms with Gasteiger partial charge in [-0.05, 0) is 122 Å². The van der Waals surface area contributed by atoms with E-state index in [0.717, 1.165) is 54.0 Å². The normalized spacial score (nSPS) is 40.7. The first-order valence-corrected chi connectivity index (χ1v) is 17.6. The second-order valence-electron chi connectivity index (χ2n) is 14.4. The summed E-state index contributed by atoms with van der Waals surface area (Å²) in [6, 6.07) is 9.33. The molecule has 0 amide bonds. The summed E-state index contributed by atoms with van der Waals surface area (Å²) in [6.45, 7) is 13.4. The first kappa shape index (κ1) is 24.9. The number of ether oxygens (including phenoxy) is 1. The van der Waals surface area contributed by atoms with E-state index in [1.54, 1.807) is 0 Å². The van der Waals surface area contributed by atoms with Crippen LogP contribution in [-0.4, -0.2) is 27.5 Å². The van der Waals surface area contributed by atoms with Crippen LogP contribution in [0.3, 0.4) is 0 Å². The van der Waals surface area contributed by atoms with Crippen molar-refractivity contribution in [1.29, 1.82) is 0 Å². The highest BCUT2D eigenvalue weighted by Gasteiger charge is 2.63. The van der Waals surface area contributed by atoms with Gasteiger partial charge in [-0.25, -0.2) is 4.79 Å². The van der Waals surface area contributed by atoms with Crippen molar-refractivity contribution in [3.8, 4) is 0 Å². The molecule has 1 aromatic rings. The summed E-state index contributed by atoms with van der Waals surface area (Å²) < 4.78 is 12.1. The van der Waals surface area contributed by atoms with E-state index in [-0.39, 0.29) is 5.97 Å². The summed E-state index contributed by atoms with van der Waals surface area (Å²) >= 11 is 0. The van der Waals surface area contributed by atoms with Gasteiger partial charge in [0.2, 0.25) is 0 Å². The zero-order chi connectivity index (χ0) is 25.2. The molecule has 0 spiro atoms. The van der Waals surface area contributed by atoms with Crippen molar-refractivity contribution in [2.24, 2.45) is 59.2 Å². The fourth-order valence-electron chi connectivity index (χ4n) is 6.73. The Morgan fingerprint density at radius 3 is 2.14 bits per heavy atom. The average Bonchev–Trinajstić information content (AvgIpc) is 3.61. The molecule has 3 nitrogen and oxygen atoms in total. The fraction of sp³-hybridized carbons (Fsp3) is 0.719. The van der Waals surface area contributed by atoms with Crippen LogP contribution >= 0.6 is 0 Å². The molecule has 0 radical (unpaired) electrons. The molecule has 5 aliphatic carbocycles. The van der Waals surface area contributed by atoms with Gasteiger partial charge in [0.15, 0.2) is 8.32 Å². The van der Waals surface area contributed by atoms with Gasteiger partial charge in [-0.1, -0.05) is 51.1 Å². The standard InChI is InChI=1S/C32H46O3Si/c1-32(2,3)36(4,5)35-19-24-15-26(24)28-17-30(28)29-16-27(29)25-14-22(25)12-11-21-13-23(21)18-34-31(33)20-9-7-6-8-10-20/h6-12,21-30H,13-19H2,1-5H3/b12-11+/t21-,22-,23+,24+,25-,26-,27+,28+,29-,30-/m1/s1. The van der Waals surface area contributed by atoms with E-state index in [0.29, 0.717) is 29.0 Å². The summed E-state index contributed by atoms with van der Waals surface area (Å²) in [7, 11) is -1.59. The highest BCUT2D eigenvalue weighted by molar-refractivity contribution is 6.74. The second kappa shape index (κ2) is 9.12. The Labute approximate surface area is 219 Å². The predicted octanol–water partition coefficient (Wildman–Crippen LogP) is 7.60. The summed E-state index contributed by atoms with van der Waals surface area (Å²) in [6.07, 6.45) is 12.0. The van der Waals surface area contributed by atoms with Gasteiger partial charge in [-0.2, -0.15) is 0 Å². The fourth-order valence-corrected chi connectivity index (χ4v) is 7.80. The Bertz CT molecular complexity index is 994. The molecule has 36 heavy (non-hydrogen) atoms. The zero-order valence-corrected chi connectivity index (χ0v) is 24.0. The molecule has 0 unspecified atom stereocenters. The molecule has 1 aromatic carbocycles. The number of carbonyl (C=O) groups excluding carboxylic acids is 1. The van der Waals surface area contributed by atoms with Gasteiger partial charge in [-0.15, -0.1) is 0 Å². The Morgan fingerprint density at radius 1 is 0.806 bits per heavy atom. The topological polar surface area (TPSA) is 35.5 Å². The molecule has 5 fully saturated rings. The van der Waals surface area contributed by atoms with Crippen molar-refractivity contribution in [2.75, 3.05) is 13.2 Å². The Kier molecular flexibility index (Phi) is 6.31. The third-order valence-corrected chi connectivity index (χ3v) is 15.3. The molecular formula is C32H46O3Si. The van der Waals surface area contributed by atoms with Gasteiger partial charge in [0.1, 0.15) is 0 Å². The van der Waals surface area contributed by atoms with Crippen LogP contribution in [0.25, 0.3) is 0 Å². The highest BCUT2D eigenvalue weighted by Crippen LogP contribution is 2.70. The molecule has 0 saturated heterocycles. The molecule has 0 aromatic heterocycles. The number of hydrogen-bond acceptors (Lipinski definition) is 3. The van der Waals surface area contributed by atoms with E-state index in [9.17, 15) is 4.79 Å². The Morgan fingerprint density at radius 2 is 1.44 bits per heavy atom. The van der Waals surface area contributed by atoms with Gasteiger partial charge in [-0.3, -0.25) is 0 Å². The van der Waals surface area contributed by atoms with E-state index in [1.807, 2.05) is 30.3 Å². The van der Waals surface area contributed by atoms with Crippen LogP contribution in [0.4, 0.5) is 0 Å². The highest BCUT2D eigenvalue weighted by atomic mass is 28.4. The Hall–Kier alpha value is -1.39. The van der Waals surface area contributed by atoms with E-state index in [2.05, 4.69) is 46.0 Å². The molecular weight excluding hydrogens is 460 g/mol.